The third-order valence-corrected chi connectivity index (χ3v) is 7.61. The van der Waals surface area contributed by atoms with Crippen LogP contribution in [0.5, 0.6) is 0 Å². The lowest BCUT2D eigenvalue weighted by Crippen LogP contribution is -2.49. The van der Waals surface area contributed by atoms with Gasteiger partial charge >= 0.3 is 0 Å². The second-order valence-electron chi connectivity index (χ2n) is 7.91. The van der Waals surface area contributed by atoms with Crippen LogP contribution in [0.2, 0.25) is 0 Å². The summed E-state index contributed by atoms with van der Waals surface area (Å²) in [6.07, 6.45) is 12.3. The second-order valence-corrected chi connectivity index (χ2v) is 9.35. The zero-order valence-electron chi connectivity index (χ0n) is 14.0. The van der Waals surface area contributed by atoms with Crippen LogP contribution in [0.15, 0.2) is 12.4 Å². The average Bonchev–Trinajstić information content (AvgIpc) is 2.89. The van der Waals surface area contributed by atoms with Crippen molar-refractivity contribution >= 4 is 17.7 Å². The van der Waals surface area contributed by atoms with E-state index in [1.54, 1.807) is 6.20 Å². The van der Waals surface area contributed by atoms with Gasteiger partial charge in [-0.25, -0.2) is 4.98 Å². The largest absolute Gasteiger partial charge is 0.354 e. The van der Waals surface area contributed by atoms with Gasteiger partial charge in [0.25, 0.3) is 0 Å². The van der Waals surface area contributed by atoms with Crippen molar-refractivity contribution in [2.24, 2.45) is 17.8 Å². The maximum absolute atomic E-state index is 12.2. The first-order chi connectivity index (χ1) is 11.1. The van der Waals surface area contributed by atoms with Crippen molar-refractivity contribution < 1.29 is 4.79 Å². The quantitative estimate of drug-likeness (QED) is 0.870. The zero-order chi connectivity index (χ0) is 15.9. The van der Waals surface area contributed by atoms with Crippen molar-refractivity contribution in [3.8, 4) is 0 Å². The van der Waals surface area contributed by atoms with Gasteiger partial charge in [0.2, 0.25) is 5.91 Å². The molecule has 0 atom stereocenters. The van der Waals surface area contributed by atoms with Crippen LogP contribution in [0.1, 0.15) is 44.3 Å². The normalized spacial score (nSPS) is 34.7. The van der Waals surface area contributed by atoms with Crippen molar-refractivity contribution in [3.05, 3.63) is 18.2 Å². The molecular weight excluding hydrogens is 306 g/mol. The highest BCUT2D eigenvalue weighted by molar-refractivity contribution is 8.01. The summed E-state index contributed by atoms with van der Waals surface area (Å²) in [5.74, 6) is 4.71. The number of nitrogens with one attached hydrogen (secondary N) is 1. The number of rotatable bonds is 6. The minimum absolute atomic E-state index is 0.198. The Balaban J connectivity index is 1.23. The van der Waals surface area contributed by atoms with E-state index in [4.69, 9.17) is 0 Å². The summed E-state index contributed by atoms with van der Waals surface area (Å²) in [5, 5.41) is 3.07. The number of aryl methyl sites for hydroxylation is 1. The van der Waals surface area contributed by atoms with Gasteiger partial charge in [-0.3, -0.25) is 4.79 Å². The Morgan fingerprint density at radius 2 is 1.96 bits per heavy atom. The van der Waals surface area contributed by atoms with E-state index in [2.05, 4.69) is 14.9 Å². The smallest absolute Gasteiger partial charge is 0.230 e. The van der Waals surface area contributed by atoms with Gasteiger partial charge < -0.3 is 9.88 Å². The summed E-state index contributed by atoms with van der Waals surface area (Å²) in [4.78, 5) is 16.4. The number of carbonyl (C=O) groups is 1. The number of amides is 1. The fourth-order valence-corrected chi connectivity index (χ4v) is 7.03. The number of imidazole rings is 1. The third-order valence-electron chi connectivity index (χ3n) is 6.09. The first-order valence-corrected chi connectivity index (χ1v) is 9.99. The molecule has 5 rings (SSSR count). The molecule has 0 aliphatic heterocycles. The van der Waals surface area contributed by atoms with Gasteiger partial charge in [0.1, 0.15) is 5.82 Å². The summed E-state index contributed by atoms with van der Waals surface area (Å²) in [6, 6.07) is 0. The van der Waals surface area contributed by atoms with Crippen LogP contribution >= 0.6 is 11.8 Å². The second kappa shape index (κ2) is 6.15. The lowest BCUT2D eigenvalue weighted by atomic mass is 9.56. The van der Waals surface area contributed by atoms with E-state index in [0.29, 0.717) is 17.0 Å². The Morgan fingerprint density at radius 1 is 1.30 bits per heavy atom. The number of carbonyl (C=O) groups excluding carboxylic acids is 1. The molecule has 126 valence electrons. The minimum atomic E-state index is 0.198. The summed E-state index contributed by atoms with van der Waals surface area (Å²) in [5.41, 5.74) is 0. The third kappa shape index (κ3) is 3.30. The molecule has 23 heavy (non-hydrogen) atoms. The van der Waals surface area contributed by atoms with Crippen molar-refractivity contribution in [2.75, 3.05) is 12.3 Å². The summed E-state index contributed by atoms with van der Waals surface area (Å²) < 4.78 is 2.51. The molecule has 4 aliphatic rings. The van der Waals surface area contributed by atoms with Crippen molar-refractivity contribution in [3.63, 3.8) is 0 Å². The van der Waals surface area contributed by atoms with Gasteiger partial charge in [0.05, 0.1) is 5.75 Å². The molecule has 1 heterocycles. The number of hydrogen-bond donors (Lipinski definition) is 1. The molecule has 1 N–H and O–H groups in total. The summed E-state index contributed by atoms with van der Waals surface area (Å²) in [6.45, 7) is 3.49. The molecule has 4 aliphatic carbocycles. The number of thioether (sulfide) groups is 1. The molecule has 0 radical (unpaired) electrons. The fourth-order valence-electron chi connectivity index (χ4n) is 5.43. The van der Waals surface area contributed by atoms with Gasteiger partial charge in [-0.2, -0.15) is 0 Å². The number of nitrogens with zero attached hydrogens (tertiary/aromatic N) is 2. The van der Waals surface area contributed by atoms with Gasteiger partial charge in [0.15, 0.2) is 0 Å². The Kier molecular flexibility index (Phi) is 4.16. The van der Waals surface area contributed by atoms with Crippen molar-refractivity contribution in [1.29, 1.82) is 0 Å². The number of hydrogen-bond acceptors (Lipinski definition) is 3. The van der Waals surface area contributed by atoms with Crippen LogP contribution in [0, 0.1) is 24.7 Å². The molecule has 1 aromatic rings. The van der Waals surface area contributed by atoms with E-state index in [-0.39, 0.29) is 5.91 Å². The molecule has 0 saturated heterocycles. The van der Waals surface area contributed by atoms with Crippen LogP contribution in [-0.4, -0.2) is 32.5 Å². The molecule has 1 aromatic heterocycles. The highest BCUT2D eigenvalue weighted by Gasteiger charge is 2.51. The maximum atomic E-state index is 12.2. The molecular formula is C18H27N3OS. The molecule has 4 bridgehead atoms. The molecule has 0 spiro atoms. The molecule has 4 fully saturated rings. The molecule has 0 aromatic carbocycles. The van der Waals surface area contributed by atoms with E-state index in [1.165, 1.54) is 38.5 Å². The van der Waals surface area contributed by atoms with Gasteiger partial charge in [-0.1, -0.05) is 0 Å². The Labute approximate surface area is 142 Å². The maximum Gasteiger partial charge on any atom is 0.230 e. The van der Waals surface area contributed by atoms with Crippen LogP contribution in [-0.2, 0) is 11.3 Å². The van der Waals surface area contributed by atoms with Crippen LogP contribution in [0.4, 0.5) is 0 Å². The van der Waals surface area contributed by atoms with Gasteiger partial charge in [-0.05, 0) is 63.2 Å². The SMILES string of the molecule is Cc1nccn1CCNC(=O)CSC12CC3CC(CC(C3)C1)C2. The predicted octanol–water partition coefficient (Wildman–Crippen LogP) is 3.01. The zero-order valence-corrected chi connectivity index (χ0v) is 14.8. The van der Waals surface area contributed by atoms with E-state index >= 15 is 0 Å². The Hall–Kier alpha value is -0.970. The summed E-state index contributed by atoms with van der Waals surface area (Å²) >= 11 is 1.96. The minimum Gasteiger partial charge on any atom is -0.354 e. The fraction of sp³-hybridized carbons (Fsp3) is 0.778. The first-order valence-electron chi connectivity index (χ1n) is 9.00. The summed E-state index contributed by atoms with van der Waals surface area (Å²) in [7, 11) is 0. The molecule has 5 heteroatoms. The molecule has 0 unspecified atom stereocenters. The highest BCUT2D eigenvalue weighted by atomic mass is 32.2. The average molecular weight is 334 g/mol. The Bertz CT molecular complexity index is 547. The van der Waals surface area contributed by atoms with E-state index in [1.807, 2.05) is 24.9 Å². The molecule has 1 amide bonds. The molecule has 4 nitrogen and oxygen atoms in total. The van der Waals surface area contributed by atoms with Crippen LogP contribution in [0.3, 0.4) is 0 Å². The lowest BCUT2D eigenvalue weighted by Gasteiger charge is -2.56. The van der Waals surface area contributed by atoms with Gasteiger partial charge in [-0.15, -0.1) is 11.8 Å². The van der Waals surface area contributed by atoms with E-state index in [9.17, 15) is 4.79 Å². The van der Waals surface area contributed by atoms with E-state index in [0.717, 1.165) is 30.1 Å². The first kappa shape index (κ1) is 15.6. The number of aromatic nitrogens is 2. The van der Waals surface area contributed by atoms with E-state index < -0.39 is 0 Å². The van der Waals surface area contributed by atoms with Crippen molar-refractivity contribution in [2.45, 2.75) is 56.7 Å². The van der Waals surface area contributed by atoms with Gasteiger partial charge in [0, 0.05) is 30.2 Å². The Morgan fingerprint density at radius 3 is 2.52 bits per heavy atom. The van der Waals surface area contributed by atoms with Crippen molar-refractivity contribution in [1.82, 2.24) is 14.9 Å². The molecule has 4 saturated carbocycles. The van der Waals surface area contributed by atoms with Crippen LogP contribution < -0.4 is 5.32 Å². The van der Waals surface area contributed by atoms with Crippen LogP contribution in [0.25, 0.3) is 0 Å². The predicted molar refractivity (Wildman–Crippen MR) is 93.3 cm³/mol. The highest BCUT2D eigenvalue weighted by Crippen LogP contribution is 2.60. The standard InChI is InChI=1S/C18H27N3OS/c1-13-19-2-4-21(13)5-3-20-17(22)12-23-18-9-14-6-15(10-18)8-16(7-14)11-18/h2,4,14-16H,3,5-12H2,1H3,(H,20,22). The monoisotopic (exact) mass is 333 g/mol. The lowest BCUT2D eigenvalue weighted by molar-refractivity contribution is -0.118. The topological polar surface area (TPSA) is 46.9 Å².